The molecule has 0 unspecified atom stereocenters. The summed E-state index contributed by atoms with van der Waals surface area (Å²) in [5.74, 6) is 0.130. The predicted molar refractivity (Wildman–Crippen MR) is 87.9 cm³/mol. The molecule has 0 aromatic heterocycles. The summed E-state index contributed by atoms with van der Waals surface area (Å²) >= 11 is 0. The van der Waals surface area contributed by atoms with Crippen molar-refractivity contribution in [1.82, 2.24) is 9.62 Å². The van der Waals surface area contributed by atoms with Gasteiger partial charge < -0.3 is 4.90 Å². The number of non-ortho nitro benzene ring substituents is 1. The molecule has 0 aliphatic carbocycles. The Morgan fingerprint density at radius 3 is 2.54 bits per heavy atom. The highest BCUT2D eigenvalue weighted by molar-refractivity contribution is 7.89. The van der Waals surface area contributed by atoms with Gasteiger partial charge >= 0.3 is 0 Å². The number of rotatable bonds is 7. The number of nitro benzene ring substituents is 1. The number of sulfonamides is 1. The molecule has 0 spiro atoms. The van der Waals surface area contributed by atoms with Crippen molar-refractivity contribution >= 4 is 21.6 Å². The first-order chi connectivity index (χ1) is 11.4. The zero-order valence-electron chi connectivity index (χ0n) is 13.3. The highest BCUT2D eigenvalue weighted by atomic mass is 32.2. The molecule has 0 atom stereocenters. The van der Waals surface area contributed by atoms with Gasteiger partial charge in [-0.2, -0.15) is 0 Å². The largest absolute Gasteiger partial charge is 0.343 e. The van der Waals surface area contributed by atoms with Crippen LogP contribution >= 0.6 is 0 Å². The molecule has 1 aliphatic rings. The summed E-state index contributed by atoms with van der Waals surface area (Å²) in [7, 11) is -3.70. The molecule has 8 nitrogen and oxygen atoms in total. The summed E-state index contributed by atoms with van der Waals surface area (Å²) < 4.78 is 26.7. The topological polar surface area (TPSA) is 110 Å². The van der Waals surface area contributed by atoms with Gasteiger partial charge in [0.1, 0.15) is 0 Å². The molecular weight excluding hydrogens is 334 g/mol. The summed E-state index contributed by atoms with van der Waals surface area (Å²) in [4.78, 5) is 23.6. The fraction of sp³-hybridized carbons (Fsp3) is 0.533. The van der Waals surface area contributed by atoms with Crippen LogP contribution in [-0.4, -0.2) is 43.8 Å². The van der Waals surface area contributed by atoms with Crippen molar-refractivity contribution in [2.45, 2.75) is 37.0 Å². The van der Waals surface area contributed by atoms with Crippen molar-refractivity contribution in [2.24, 2.45) is 0 Å². The Morgan fingerprint density at radius 1 is 1.17 bits per heavy atom. The molecule has 132 valence electrons. The Morgan fingerprint density at radius 2 is 1.88 bits per heavy atom. The van der Waals surface area contributed by atoms with E-state index in [9.17, 15) is 23.3 Å². The summed E-state index contributed by atoms with van der Waals surface area (Å²) in [6.45, 7) is 1.47. The number of nitrogens with zero attached hydrogens (tertiary/aromatic N) is 2. The standard InChI is InChI=1S/C15H21N3O5S/c19-15-5-2-1-3-11-17(15)12-4-10-16-24(22,23)14-8-6-13(7-9-14)18(20)21/h6-9,16H,1-5,10-12H2. The Labute approximate surface area is 141 Å². The van der Waals surface area contributed by atoms with Crippen LogP contribution in [0.4, 0.5) is 5.69 Å². The molecule has 1 amide bonds. The van der Waals surface area contributed by atoms with E-state index in [1.54, 1.807) is 4.90 Å². The fourth-order valence-corrected chi connectivity index (χ4v) is 3.66. The van der Waals surface area contributed by atoms with E-state index in [-0.39, 0.29) is 23.0 Å². The van der Waals surface area contributed by atoms with E-state index in [2.05, 4.69) is 4.72 Å². The minimum absolute atomic E-state index is 0.0149. The van der Waals surface area contributed by atoms with Crippen molar-refractivity contribution < 1.29 is 18.1 Å². The van der Waals surface area contributed by atoms with Crippen molar-refractivity contribution in [2.75, 3.05) is 19.6 Å². The van der Waals surface area contributed by atoms with Crippen molar-refractivity contribution in [3.05, 3.63) is 34.4 Å². The van der Waals surface area contributed by atoms with Gasteiger partial charge in [-0.25, -0.2) is 13.1 Å². The normalized spacial score (nSPS) is 16.0. The zero-order valence-corrected chi connectivity index (χ0v) is 14.1. The summed E-state index contributed by atoms with van der Waals surface area (Å²) in [6, 6.07) is 4.73. The highest BCUT2D eigenvalue weighted by Crippen LogP contribution is 2.16. The van der Waals surface area contributed by atoms with Crippen LogP contribution in [0.3, 0.4) is 0 Å². The quantitative estimate of drug-likeness (QED) is 0.454. The first kappa shape index (κ1) is 18.3. The number of likely N-dealkylation sites (tertiary alicyclic amines) is 1. The maximum Gasteiger partial charge on any atom is 0.269 e. The molecule has 1 aliphatic heterocycles. The molecule has 1 aromatic rings. The van der Waals surface area contributed by atoms with E-state index in [0.717, 1.165) is 37.9 Å². The maximum atomic E-state index is 12.1. The summed E-state index contributed by atoms with van der Waals surface area (Å²) in [5.41, 5.74) is -0.159. The molecule has 2 rings (SSSR count). The molecule has 9 heteroatoms. The van der Waals surface area contributed by atoms with Crippen LogP contribution in [0.1, 0.15) is 32.1 Å². The molecule has 0 saturated carbocycles. The van der Waals surface area contributed by atoms with Gasteiger partial charge in [-0.1, -0.05) is 6.42 Å². The van der Waals surface area contributed by atoms with E-state index in [4.69, 9.17) is 0 Å². The first-order valence-electron chi connectivity index (χ1n) is 7.92. The molecule has 1 saturated heterocycles. The Hall–Kier alpha value is -2.00. The van der Waals surface area contributed by atoms with Crippen LogP contribution in [0, 0.1) is 10.1 Å². The van der Waals surface area contributed by atoms with Crippen LogP contribution in [-0.2, 0) is 14.8 Å². The fourth-order valence-electron chi connectivity index (χ4n) is 2.58. The van der Waals surface area contributed by atoms with Crippen molar-refractivity contribution in [3.8, 4) is 0 Å². The van der Waals surface area contributed by atoms with Gasteiger partial charge in [0.25, 0.3) is 5.69 Å². The monoisotopic (exact) mass is 355 g/mol. The van der Waals surface area contributed by atoms with E-state index in [1.165, 1.54) is 12.1 Å². The van der Waals surface area contributed by atoms with Crippen LogP contribution in [0.25, 0.3) is 0 Å². The lowest BCUT2D eigenvalue weighted by Crippen LogP contribution is -2.34. The average molecular weight is 355 g/mol. The number of benzene rings is 1. The number of hydrogen-bond donors (Lipinski definition) is 1. The van der Waals surface area contributed by atoms with Crippen LogP contribution in [0.5, 0.6) is 0 Å². The average Bonchev–Trinajstić information content (AvgIpc) is 2.76. The second-order valence-electron chi connectivity index (χ2n) is 5.69. The van der Waals surface area contributed by atoms with Gasteiger partial charge in [0.05, 0.1) is 9.82 Å². The SMILES string of the molecule is O=C1CCCCCN1CCCNS(=O)(=O)c1ccc([N+](=O)[O-])cc1. The number of carbonyl (C=O) groups is 1. The van der Waals surface area contributed by atoms with Gasteiger partial charge in [-0.05, 0) is 31.4 Å². The third-order valence-corrected chi connectivity index (χ3v) is 5.40. The molecule has 24 heavy (non-hydrogen) atoms. The number of amides is 1. The van der Waals surface area contributed by atoms with E-state index in [0.29, 0.717) is 19.4 Å². The molecule has 0 radical (unpaired) electrons. The van der Waals surface area contributed by atoms with E-state index in [1.807, 2.05) is 0 Å². The van der Waals surface area contributed by atoms with Crippen LogP contribution in [0.2, 0.25) is 0 Å². The lowest BCUT2D eigenvalue weighted by molar-refractivity contribution is -0.384. The minimum Gasteiger partial charge on any atom is -0.343 e. The Balaban J connectivity index is 1.84. The van der Waals surface area contributed by atoms with Gasteiger partial charge in [0.2, 0.25) is 15.9 Å². The van der Waals surface area contributed by atoms with Crippen molar-refractivity contribution in [1.29, 1.82) is 0 Å². The van der Waals surface area contributed by atoms with Gasteiger partial charge in [-0.15, -0.1) is 0 Å². The third kappa shape index (κ3) is 5.00. The Kier molecular flexibility index (Phi) is 6.27. The second kappa shape index (κ2) is 8.20. The van der Waals surface area contributed by atoms with Gasteiger partial charge in [-0.3, -0.25) is 14.9 Å². The lowest BCUT2D eigenvalue weighted by atomic mass is 10.2. The number of nitrogens with one attached hydrogen (secondary N) is 1. The summed E-state index contributed by atoms with van der Waals surface area (Å²) in [5, 5.41) is 10.6. The minimum atomic E-state index is -3.70. The lowest BCUT2D eigenvalue weighted by Gasteiger charge is -2.20. The number of carbonyl (C=O) groups excluding carboxylic acids is 1. The molecule has 0 bridgehead atoms. The third-order valence-electron chi connectivity index (χ3n) is 3.93. The maximum absolute atomic E-state index is 12.1. The van der Waals surface area contributed by atoms with Gasteiger partial charge in [0, 0.05) is 38.2 Å². The van der Waals surface area contributed by atoms with Crippen LogP contribution < -0.4 is 4.72 Å². The van der Waals surface area contributed by atoms with E-state index < -0.39 is 14.9 Å². The summed E-state index contributed by atoms with van der Waals surface area (Å²) in [6.07, 6.45) is 4.05. The highest BCUT2D eigenvalue weighted by Gasteiger charge is 2.18. The smallest absolute Gasteiger partial charge is 0.269 e. The van der Waals surface area contributed by atoms with Crippen molar-refractivity contribution in [3.63, 3.8) is 0 Å². The molecular formula is C15H21N3O5S. The number of nitro groups is 1. The molecule has 1 fully saturated rings. The number of hydrogen-bond acceptors (Lipinski definition) is 5. The van der Waals surface area contributed by atoms with Crippen LogP contribution in [0.15, 0.2) is 29.2 Å². The zero-order chi connectivity index (χ0) is 17.6. The predicted octanol–water partition coefficient (Wildman–Crippen LogP) is 1.67. The van der Waals surface area contributed by atoms with E-state index >= 15 is 0 Å². The first-order valence-corrected chi connectivity index (χ1v) is 9.40. The molecule has 1 N–H and O–H groups in total. The molecule has 1 heterocycles. The second-order valence-corrected chi connectivity index (χ2v) is 7.46. The molecule has 1 aromatic carbocycles. The van der Waals surface area contributed by atoms with Gasteiger partial charge in [0.15, 0.2) is 0 Å². The Bertz CT molecular complexity index is 688.